The van der Waals surface area contributed by atoms with E-state index in [9.17, 15) is 0 Å². The molecular weight excluding hydrogens is 394 g/mol. The number of fused-ring (bicyclic) bond motifs is 1. The lowest BCUT2D eigenvalue weighted by atomic mass is 9.93. The van der Waals surface area contributed by atoms with Crippen molar-refractivity contribution < 1.29 is 0 Å². The first-order chi connectivity index (χ1) is 15.7. The summed E-state index contributed by atoms with van der Waals surface area (Å²) in [5.74, 6) is 1.26. The number of hydrogen-bond donors (Lipinski definition) is 2. The van der Waals surface area contributed by atoms with Crippen molar-refractivity contribution in [2.45, 2.75) is 12.8 Å². The zero-order valence-corrected chi connectivity index (χ0v) is 18.1. The number of anilines is 1. The molecule has 3 heterocycles. The van der Waals surface area contributed by atoms with E-state index in [2.05, 4.69) is 87.1 Å². The fraction of sp³-hybridized carbons (Fsp3) is 0.185. The minimum absolute atomic E-state index is 0.421. The summed E-state index contributed by atoms with van der Waals surface area (Å²) in [6, 6.07) is 18.9. The molecule has 5 rings (SSSR count). The number of hydrogen-bond acceptors (Lipinski definition) is 4. The van der Waals surface area contributed by atoms with Crippen LogP contribution in [0.2, 0.25) is 0 Å². The Labute approximate surface area is 188 Å². The first kappa shape index (κ1) is 20.1. The molecule has 0 amide bonds. The smallest absolute Gasteiger partial charge is 0.130 e. The van der Waals surface area contributed by atoms with Crippen LogP contribution in [0.15, 0.2) is 92.0 Å². The lowest BCUT2D eigenvalue weighted by Gasteiger charge is -2.35. The van der Waals surface area contributed by atoms with Crippen molar-refractivity contribution in [1.82, 2.24) is 20.1 Å². The average molecular weight is 422 g/mol. The fourth-order valence-corrected chi connectivity index (χ4v) is 4.38. The molecule has 5 nitrogen and oxygen atoms in total. The summed E-state index contributed by atoms with van der Waals surface area (Å²) in [5, 5.41) is 12.6. The molecule has 0 bridgehead atoms. The molecule has 32 heavy (non-hydrogen) atoms. The summed E-state index contributed by atoms with van der Waals surface area (Å²) in [5.41, 5.74) is 5.54. The van der Waals surface area contributed by atoms with Gasteiger partial charge in [0.15, 0.2) is 0 Å². The van der Waals surface area contributed by atoms with E-state index < -0.39 is 0 Å². The van der Waals surface area contributed by atoms with E-state index >= 15 is 0 Å². The van der Waals surface area contributed by atoms with Crippen LogP contribution in [0.1, 0.15) is 18.4 Å². The molecule has 1 saturated heterocycles. The largest absolute Gasteiger partial charge is 0.371 e. The van der Waals surface area contributed by atoms with Gasteiger partial charge in [-0.3, -0.25) is 5.10 Å². The third kappa shape index (κ3) is 4.14. The number of aromatic nitrogens is 3. The van der Waals surface area contributed by atoms with Crippen LogP contribution in [-0.2, 0) is 0 Å². The quantitative estimate of drug-likeness (QED) is 0.405. The Hall–Kier alpha value is -3.86. The molecular formula is C27H27N5. The summed E-state index contributed by atoms with van der Waals surface area (Å²) < 4.78 is 0. The van der Waals surface area contributed by atoms with E-state index in [1.165, 1.54) is 5.56 Å². The van der Waals surface area contributed by atoms with E-state index in [-0.39, 0.29) is 0 Å². The van der Waals surface area contributed by atoms with Gasteiger partial charge in [0.25, 0.3) is 0 Å². The normalized spacial score (nSPS) is 14.4. The zero-order chi connectivity index (χ0) is 21.9. The molecule has 0 radical (unpaired) electrons. The first-order valence-corrected chi connectivity index (χ1v) is 11.0. The van der Waals surface area contributed by atoms with Crippen LogP contribution in [0, 0.1) is 5.92 Å². The van der Waals surface area contributed by atoms with Gasteiger partial charge in [0.1, 0.15) is 5.82 Å². The van der Waals surface area contributed by atoms with Gasteiger partial charge in [-0.2, -0.15) is 5.10 Å². The molecule has 2 aromatic carbocycles. The topological polar surface area (TPSA) is 56.8 Å². The molecule has 0 atom stereocenters. The molecule has 0 spiro atoms. The maximum absolute atomic E-state index is 4.60. The summed E-state index contributed by atoms with van der Waals surface area (Å²) in [6.07, 6.45) is 7.76. The highest BCUT2D eigenvalue weighted by atomic mass is 15.1. The number of piperidine rings is 1. The van der Waals surface area contributed by atoms with Gasteiger partial charge in [-0.25, -0.2) is 4.98 Å². The second-order valence-electron chi connectivity index (χ2n) is 8.34. The predicted molar refractivity (Wildman–Crippen MR) is 132 cm³/mol. The van der Waals surface area contributed by atoms with Gasteiger partial charge in [0.05, 0.1) is 6.20 Å². The van der Waals surface area contributed by atoms with Gasteiger partial charge in [-0.15, -0.1) is 0 Å². The third-order valence-corrected chi connectivity index (χ3v) is 6.32. The van der Waals surface area contributed by atoms with E-state index in [0.717, 1.165) is 65.0 Å². The van der Waals surface area contributed by atoms with Crippen molar-refractivity contribution >= 4 is 22.3 Å². The van der Waals surface area contributed by atoms with Crippen molar-refractivity contribution in [3.05, 3.63) is 97.6 Å². The Morgan fingerprint density at radius 2 is 1.75 bits per heavy atom. The Morgan fingerprint density at radius 1 is 0.938 bits per heavy atom. The van der Waals surface area contributed by atoms with Gasteiger partial charge in [-0.05, 0) is 41.5 Å². The van der Waals surface area contributed by atoms with Crippen LogP contribution in [0.4, 0.5) is 5.82 Å². The number of likely N-dealkylation sites (tertiary alicyclic amines) is 1. The van der Waals surface area contributed by atoms with E-state index in [4.69, 9.17) is 0 Å². The molecule has 1 fully saturated rings. The Morgan fingerprint density at radius 3 is 2.50 bits per heavy atom. The lowest BCUT2D eigenvalue weighted by molar-refractivity contribution is 0.279. The molecule has 5 heteroatoms. The van der Waals surface area contributed by atoms with E-state index in [1.807, 2.05) is 24.7 Å². The number of H-pyrrole nitrogens is 1. The average Bonchev–Trinajstić information content (AvgIpc) is 3.39. The van der Waals surface area contributed by atoms with E-state index in [0.29, 0.717) is 5.92 Å². The monoisotopic (exact) mass is 421 g/mol. The van der Waals surface area contributed by atoms with Crippen LogP contribution in [0.25, 0.3) is 27.6 Å². The first-order valence-electron chi connectivity index (χ1n) is 11.0. The number of aromatic amines is 1. The van der Waals surface area contributed by atoms with Crippen molar-refractivity contribution in [1.29, 1.82) is 0 Å². The molecule has 0 saturated carbocycles. The highest BCUT2D eigenvalue weighted by molar-refractivity contribution is 5.88. The summed E-state index contributed by atoms with van der Waals surface area (Å²) in [7, 11) is 0. The standard InChI is InChI=1S/C27H27N5/c1-19(21-10-12-32(13-11-21)20(2)22-6-4-3-5-7-22)31-27-15-25-14-23(26-17-29-30-18-26)8-9-24(25)16-28-27/h3-9,14-18,21H,1-2,10-13H2,(H,28,31)(H,29,30). The van der Waals surface area contributed by atoms with Crippen LogP contribution >= 0.6 is 0 Å². The van der Waals surface area contributed by atoms with Crippen molar-refractivity contribution in [2.24, 2.45) is 5.92 Å². The predicted octanol–water partition coefficient (Wildman–Crippen LogP) is 5.93. The van der Waals surface area contributed by atoms with Gasteiger partial charge < -0.3 is 10.2 Å². The molecule has 1 aliphatic heterocycles. The number of allylic oxidation sites excluding steroid dienone is 1. The van der Waals surface area contributed by atoms with Gasteiger partial charge in [-0.1, -0.05) is 55.6 Å². The lowest BCUT2D eigenvalue weighted by Crippen LogP contribution is -2.33. The van der Waals surface area contributed by atoms with Crippen molar-refractivity contribution in [3.63, 3.8) is 0 Å². The maximum atomic E-state index is 4.60. The number of rotatable bonds is 6. The summed E-state index contributed by atoms with van der Waals surface area (Å²) in [4.78, 5) is 6.98. The molecule has 4 aromatic rings. The molecule has 1 aliphatic rings. The van der Waals surface area contributed by atoms with Crippen molar-refractivity contribution in [2.75, 3.05) is 18.4 Å². The number of nitrogens with zero attached hydrogens (tertiary/aromatic N) is 3. The Balaban J connectivity index is 1.23. The highest BCUT2D eigenvalue weighted by Crippen LogP contribution is 2.30. The number of benzene rings is 2. The minimum atomic E-state index is 0.421. The van der Waals surface area contributed by atoms with Gasteiger partial charge in [0, 0.05) is 53.7 Å². The van der Waals surface area contributed by atoms with E-state index in [1.54, 1.807) is 0 Å². The van der Waals surface area contributed by atoms with Crippen LogP contribution in [0.5, 0.6) is 0 Å². The Bertz CT molecular complexity index is 1240. The van der Waals surface area contributed by atoms with Crippen LogP contribution < -0.4 is 5.32 Å². The maximum Gasteiger partial charge on any atom is 0.130 e. The molecule has 2 aromatic heterocycles. The second kappa shape index (κ2) is 8.71. The number of nitrogens with one attached hydrogen (secondary N) is 2. The zero-order valence-electron chi connectivity index (χ0n) is 18.1. The summed E-state index contributed by atoms with van der Waals surface area (Å²) >= 11 is 0. The van der Waals surface area contributed by atoms with Gasteiger partial charge >= 0.3 is 0 Å². The number of pyridine rings is 1. The summed E-state index contributed by atoms with van der Waals surface area (Å²) in [6.45, 7) is 10.6. The molecule has 0 aliphatic carbocycles. The third-order valence-electron chi connectivity index (χ3n) is 6.32. The van der Waals surface area contributed by atoms with Crippen molar-refractivity contribution in [3.8, 4) is 11.1 Å². The van der Waals surface area contributed by atoms with Crippen LogP contribution in [-0.4, -0.2) is 33.2 Å². The second-order valence-corrected chi connectivity index (χ2v) is 8.34. The highest BCUT2D eigenvalue weighted by Gasteiger charge is 2.23. The minimum Gasteiger partial charge on any atom is -0.371 e. The van der Waals surface area contributed by atoms with Gasteiger partial charge in [0.2, 0.25) is 0 Å². The SMILES string of the molecule is C=C(Nc1cc2cc(-c3cn[nH]c3)ccc2cn1)C1CCN(C(=C)c2ccccc2)CC1. The fourth-order valence-electron chi connectivity index (χ4n) is 4.38. The molecule has 160 valence electrons. The molecule has 0 unspecified atom stereocenters. The molecule has 2 N–H and O–H groups in total. The van der Waals surface area contributed by atoms with Crippen LogP contribution in [0.3, 0.4) is 0 Å². The Kier molecular flexibility index (Phi) is 5.46.